The van der Waals surface area contributed by atoms with Crippen LogP contribution in [0.15, 0.2) is 12.1 Å². The van der Waals surface area contributed by atoms with Gasteiger partial charge in [0.25, 0.3) is 0 Å². The molecule has 0 aliphatic carbocycles. The summed E-state index contributed by atoms with van der Waals surface area (Å²) in [5.74, 6) is 0. The molecule has 0 aromatic heterocycles. The van der Waals surface area contributed by atoms with Gasteiger partial charge in [0.15, 0.2) is 0 Å². The van der Waals surface area contributed by atoms with Crippen molar-refractivity contribution in [1.29, 1.82) is 0 Å². The molecule has 0 spiro atoms. The van der Waals surface area contributed by atoms with Gasteiger partial charge in [0.2, 0.25) is 0 Å². The van der Waals surface area contributed by atoms with Crippen LogP contribution in [0.25, 0.3) is 0 Å². The fourth-order valence-corrected chi connectivity index (χ4v) is 2.43. The molecule has 2 N–H and O–H groups in total. The Morgan fingerprint density at radius 1 is 0.944 bits per heavy atom. The van der Waals surface area contributed by atoms with Crippen molar-refractivity contribution in [2.45, 2.75) is 72.3 Å². The van der Waals surface area contributed by atoms with E-state index in [2.05, 4.69) is 60.6 Å². The summed E-state index contributed by atoms with van der Waals surface area (Å²) in [4.78, 5) is 0. The van der Waals surface area contributed by atoms with Gasteiger partial charge in [0.1, 0.15) is 0 Å². The summed E-state index contributed by atoms with van der Waals surface area (Å²) in [6.07, 6.45) is 1.06. The lowest BCUT2D eigenvalue weighted by Crippen LogP contribution is -2.20. The van der Waals surface area contributed by atoms with Crippen molar-refractivity contribution in [3.05, 3.63) is 34.4 Å². The molecule has 0 aliphatic rings. The normalized spacial score (nSPS) is 12.9. The monoisotopic (exact) mass is 247 g/mol. The molecule has 0 fully saturated rings. The first-order valence-corrected chi connectivity index (χ1v) is 6.98. The number of rotatable bonds is 2. The van der Waals surface area contributed by atoms with Gasteiger partial charge in [-0.3, -0.25) is 0 Å². The molecule has 0 bridgehead atoms. The van der Waals surface area contributed by atoms with Gasteiger partial charge in [-0.05, 0) is 39.5 Å². The highest BCUT2D eigenvalue weighted by Crippen LogP contribution is 2.33. The van der Waals surface area contributed by atoms with Crippen molar-refractivity contribution < 1.29 is 0 Å². The highest BCUT2D eigenvalue weighted by molar-refractivity contribution is 5.44. The first-order valence-electron chi connectivity index (χ1n) is 6.98. The van der Waals surface area contributed by atoms with Gasteiger partial charge >= 0.3 is 0 Å². The van der Waals surface area contributed by atoms with Crippen molar-refractivity contribution >= 4 is 0 Å². The minimum atomic E-state index is 0.177. The van der Waals surface area contributed by atoms with E-state index in [0.29, 0.717) is 6.54 Å². The molecule has 0 aliphatic heterocycles. The molecule has 0 saturated heterocycles. The van der Waals surface area contributed by atoms with Crippen molar-refractivity contribution in [1.82, 2.24) is 0 Å². The maximum Gasteiger partial charge on any atom is 0.0181 e. The molecule has 0 saturated carbocycles. The van der Waals surface area contributed by atoms with Gasteiger partial charge in [-0.25, -0.2) is 0 Å². The van der Waals surface area contributed by atoms with Crippen LogP contribution in [0.1, 0.15) is 70.7 Å². The minimum Gasteiger partial charge on any atom is -0.326 e. The van der Waals surface area contributed by atoms with Crippen LogP contribution in [0.4, 0.5) is 0 Å². The number of benzene rings is 1. The largest absolute Gasteiger partial charge is 0.326 e. The van der Waals surface area contributed by atoms with Gasteiger partial charge in [0.05, 0.1) is 0 Å². The fourth-order valence-electron chi connectivity index (χ4n) is 2.43. The van der Waals surface area contributed by atoms with Crippen molar-refractivity contribution in [2.24, 2.45) is 5.73 Å². The summed E-state index contributed by atoms with van der Waals surface area (Å²) in [6.45, 7) is 16.5. The molecular formula is C17H29N. The van der Waals surface area contributed by atoms with E-state index in [4.69, 9.17) is 5.73 Å². The Bertz CT molecular complexity index is 416. The predicted octanol–water partition coefficient (Wildman–Crippen LogP) is 4.30. The summed E-state index contributed by atoms with van der Waals surface area (Å²) in [7, 11) is 0. The van der Waals surface area contributed by atoms with E-state index in [9.17, 15) is 0 Å². The second-order valence-electron chi connectivity index (χ2n) is 7.22. The maximum atomic E-state index is 5.95. The van der Waals surface area contributed by atoms with Crippen LogP contribution < -0.4 is 5.73 Å². The zero-order valence-electron chi connectivity index (χ0n) is 13.1. The van der Waals surface area contributed by atoms with Gasteiger partial charge in [-0.2, -0.15) is 0 Å². The number of hydrogen-bond acceptors (Lipinski definition) is 1. The van der Waals surface area contributed by atoms with Gasteiger partial charge in [0, 0.05) is 6.54 Å². The SMILES string of the molecule is CCc1c(CN)cc(C(C)(C)C)cc1C(C)(C)C. The molecule has 0 radical (unpaired) electrons. The fraction of sp³-hybridized carbons (Fsp3) is 0.647. The van der Waals surface area contributed by atoms with E-state index >= 15 is 0 Å². The topological polar surface area (TPSA) is 26.0 Å². The Hall–Kier alpha value is -0.820. The number of hydrogen-bond donors (Lipinski definition) is 1. The van der Waals surface area contributed by atoms with E-state index in [-0.39, 0.29) is 10.8 Å². The third-order valence-electron chi connectivity index (χ3n) is 3.59. The summed E-state index contributed by atoms with van der Waals surface area (Å²) in [6, 6.07) is 4.69. The van der Waals surface area contributed by atoms with Crippen molar-refractivity contribution in [3.63, 3.8) is 0 Å². The third-order valence-corrected chi connectivity index (χ3v) is 3.59. The van der Waals surface area contributed by atoms with E-state index in [1.165, 1.54) is 22.3 Å². The Morgan fingerprint density at radius 3 is 1.83 bits per heavy atom. The van der Waals surface area contributed by atoms with Gasteiger partial charge in [-0.15, -0.1) is 0 Å². The van der Waals surface area contributed by atoms with Crippen LogP contribution >= 0.6 is 0 Å². The lowest BCUT2D eigenvalue weighted by atomic mass is 9.76. The first-order chi connectivity index (χ1) is 8.11. The molecule has 18 heavy (non-hydrogen) atoms. The van der Waals surface area contributed by atoms with Crippen LogP contribution in [-0.4, -0.2) is 0 Å². The lowest BCUT2D eigenvalue weighted by Gasteiger charge is -2.29. The highest BCUT2D eigenvalue weighted by Gasteiger charge is 2.23. The van der Waals surface area contributed by atoms with E-state index in [0.717, 1.165) is 6.42 Å². The lowest BCUT2D eigenvalue weighted by molar-refractivity contribution is 0.561. The second-order valence-corrected chi connectivity index (χ2v) is 7.22. The zero-order chi connectivity index (χ0) is 14.1. The van der Waals surface area contributed by atoms with Crippen molar-refractivity contribution in [2.75, 3.05) is 0 Å². The minimum absolute atomic E-state index is 0.177. The van der Waals surface area contributed by atoms with Gasteiger partial charge in [-0.1, -0.05) is 60.6 Å². The molecule has 1 rings (SSSR count). The molecule has 1 aromatic rings. The first kappa shape index (κ1) is 15.2. The van der Waals surface area contributed by atoms with Crippen LogP contribution in [0.3, 0.4) is 0 Å². The molecule has 0 unspecified atom stereocenters. The van der Waals surface area contributed by atoms with Crippen LogP contribution in [0.5, 0.6) is 0 Å². The van der Waals surface area contributed by atoms with Crippen molar-refractivity contribution in [3.8, 4) is 0 Å². The summed E-state index contributed by atoms with van der Waals surface area (Å²) in [5.41, 5.74) is 11.9. The molecule has 1 heteroatoms. The van der Waals surface area contributed by atoms with Gasteiger partial charge < -0.3 is 5.73 Å². The van der Waals surface area contributed by atoms with Crippen LogP contribution in [0.2, 0.25) is 0 Å². The molecule has 0 atom stereocenters. The van der Waals surface area contributed by atoms with Crippen LogP contribution in [0, 0.1) is 0 Å². The average molecular weight is 247 g/mol. The highest BCUT2D eigenvalue weighted by atomic mass is 14.5. The van der Waals surface area contributed by atoms with E-state index in [1.54, 1.807) is 0 Å². The molecule has 1 nitrogen and oxygen atoms in total. The Kier molecular flexibility index (Phi) is 4.27. The second kappa shape index (κ2) is 5.05. The molecule has 0 heterocycles. The Labute approximate surface area is 113 Å². The maximum absolute atomic E-state index is 5.95. The Balaban J connectivity index is 3.57. The smallest absolute Gasteiger partial charge is 0.0181 e. The predicted molar refractivity (Wildman–Crippen MR) is 81.1 cm³/mol. The third kappa shape index (κ3) is 3.14. The standard InChI is InChI=1S/C17H29N/c1-8-14-12(11-18)9-13(16(2,3)4)10-15(14)17(5,6)7/h9-10H,8,11,18H2,1-7H3. The molecule has 102 valence electrons. The molecule has 0 amide bonds. The van der Waals surface area contributed by atoms with E-state index in [1.807, 2.05) is 0 Å². The molecular weight excluding hydrogens is 218 g/mol. The summed E-state index contributed by atoms with van der Waals surface area (Å²) >= 11 is 0. The van der Waals surface area contributed by atoms with Crippen LogP contribution in [-0.2, 0) is 23.8 Å². The summed E-state index contributed by atoms with van der Waals surface area (Å²) in [5, 5.41) is 0. The number of nitrogens with two attached hydrogens (primary N) is 1. The zero-order valence-corrected chi connectivity index (χ0v) is 13.1. The average Bonchev–Trinajstić information content (AvgIpc) is 2.24. The van der Waals surface area contributed by atoms with E-state index < -0.39 is 0 Å². The Morgan fingerprint density at radius 2 is 1.50 bits per heavy atom. The summed E-state index contributed by atoms with van der Waals surface area (Å²) < 4.78 is 0. The molecule has 1 aromatic carbocycles. The quantitative estimate of drug-likeness (QED) is 0.828.